The summed E-state index contributed by atoms with van der Waals surface area (Å²) in [4.78, 5) is 11.9. The maximum absolute atomic E-state index is 13.6. The number of amides is 1. The second-order valence-electron chi connectivity index (χ2n) is 3.82. The molecule has 20 heavy (non-hydrogen) atoms. The highest BCUT2D eigenvalue weighted by molar-refractivity contribution is 9.10. The Labute approximate surface area is 125 Å². The Hall–Kier alpha value is -1.53. The number of anilines is 1. The van der Waals surface area contributed by atoms with Crippen molar-refractivity contribution in [1.82, 2.24) is 0 Å². The lowest BCUT2D eigenvalue weighted by Gasteiger charge is -2.09. The maximum atomic E-state index is 13.6. The SMILES string of the molecule is O=C(Nc1c(F)cc(Br)cc1F)c1ccc(F)cc1Cl. The molecule has 0 bridgehead atoms. The predicted molar refractivity (Wildman–Crippen MR) is 73.4 cm³/mol. The van der Waals surface area contributed by atoms with E-state index in [9.17, 15) is 18.0 Å². The third-order valence-electron chi connectivity index (χ3n) is 2.42. The lowest BCUT2D eigenvalue weighted by atomic mass is 10.2. The molecule has 2 rings (SSSR count). The van der Waals surface area contributed by atoms with Gasteiger partial charge in [-0.3, -0.25) is 4.79 Å². The van der Waals surface area contributed by atoms with Crippen LogP contribution in [-0.2, 0) is 0 Å². The van der Waals surface area contributed by atoms with Gasteiger partial charge in [-0.2, -0.15) is 0 Å². The summed E-state index contributed by atoms with van der Waals surface area (Å²) in [5, 5.41) is 1.91. The van der Waals surface area contributed by atoms with Gasteiger partial charge in [-0.25, -0.2) is 13.2 Å². The third kappa shape index (κ3) is 3.13. The van der Waals surface area contributed by atoms with Gasteiger partial charge in [-0.05, 0) is 30.3 Å². The average molecular weight is 365 g/mol. The molecule has 1 N–H and O–H groups in total. The van der Waals surface area contributed by atoms with Crippen molar-refractivity contribution in [2.75, 3.05) is 5.32 Å². The summed E-state index contributed by atoms with van der Waals surface area (Å²) >= 11 is 8.62. The predicted octanol–water partition coefficient (Wildman–Crippen LogP) is 4.77. The largest absolute Gasteiger partial charge is 0.317 e. The van der Waals surface area contributed by atoms with Crippen LogP contribution >= 0.6 is 27.5 Å². The molecule has 2 nitrogen and oxygen atoms in total. The summed E-state index contributed by atoms with van der Waals surface area (Å²) in [6.07, 6.45) is 0. The van der Waals surface area contributed by atoms with Crippen molar-refractivity contribution in [2.45, 2.75) is 0 Å². The van der Waals surface area contributed by atoms with Gasteiger partial charge in [0.2, 0.25) is 0 Å². The first-order valence-corrected chi connectivity index (χ1v) is 6.46. The van der Waals surface area contributed by atoms with Crippen molar-refractivity contribution in [2.24, 2.45) is 0 Å². The van der Waals surface area contributed by atoms with E-state index in [1.54, 1.807) is 0 Å². The molecular weight excluding hydrogens is 358 g/mol. The first-order chi connectivity index (χ1) is 9.38. The second-order valence-corrected chi connectivity index (χ2v) is 5.15. The molecule has 7 heteroatoms. The molecule has 2 aromatic rings. The number of hydrogen-bond donors (Lipinski definition) is 1. The smallest absolute Gasteiger partial charge is 0.257 e. The van der Waals surface area contributed by atoms with Gasteiger partial charge in [-0.1, -0.05) is 27.5 Å². The molecule has 0 saturated carbocycles. The quantitative estimate of drug-likeness (QED) is 0.817. The Balaban J connectivity index is 2.33. The lowest BCUT2D eigenvalue weighted by molar-refractivity contribution is 0.102. The van der Waals surface area contributed by atoms with E-state index in [0.29, 0.717) is 0 Å². The zero-order valence-electron chi connectivity index (χ0n) is 9.68. The van der Waals surface area contributed by atoms with Gasteiger partial charge in [0.15, 0.2) is 11.6 Å². The number of carbonyl (C=O) groups excluding carboxylic acids is 1. The molecule has 1 amide bonds. The fourth-order valence-corrected chi connectivity index (χ4v) is 2.17. The van der Waals surface area contributed by atoms with Crippen molar-refractivity contribution < 1.29 is 18.0 Å². The van der Waals surface area contributed by atoms with E-state index in [4.69, 9.17) is 11.6 Å². The molecule has 2 aromatic carbocycles. The van der Waals surface area contributed by atoms with E-state index < -0.39 is 29.0 Å². The molecule has 0 fully saturated rings. The Kier molecular flexibility index (Phi) is 4.35. The van der Waals surface area contributed by atoms with E-state index in [1.165, 1.54) is 0 Å². The summed E-state index contributed by atoms with van der Waals surface area (Å²) < 4.78 is 40.2. The van der Waals surface area contributed by atoms with Crippen molar-refractivity contribution in [3.8, 4) is 0 Å². The molecule has 0 unspecified atom stereocenters. The number of halogens is 5. The Bertz CT molecular complexity index is 670. The first kappa shape index (κ1) is 14.9. The van der Waals surface area contributed by atoms with Crippen LogP contribution in [0.1, 0.15) is 10.4 Å². The molecule has 0 aromatic heterocycles. The van der Waals surface area contributed by atoms with Gasteiger partial charge in [0.1, 0.15) is 11.5 Å². The highest BCUT2D eigenvalue weighted by atomic mass is 79.9. The first-order valence-electron chi connectivity index (χ1n) is 5.29. The summed E-state index contributed by atoms with van der Waals surface area (Å²) in [6, 6.07) is 5.09. The summed E-state index contributed by atoms with van der Waals surface area (Å²) in [5.41, 5.74) is -0.687. The Morgan fingerprint density at radius 2 is 1.70 bits per heavy atom. The number of carbonyl (C=O) groups is 1. The van der Waals surface area contributed by atoms with Crippen LogP contribution < -0.4 is 5.32 Å². The van der Waals surface area contributed by atoms with Crippen molar-refractivity contribution >= 4 is 39.1 Å². The molecule has 0 radical (unpaired) electrons. The minimum absolute atomic E-state index is 0.0882. The van der Waals surface area contributed by atoms with Crippen LogP contribution in [0.5, 0.6) is 0 Å². The van der Waals surface area contributed by atoms with Crippen molar-refractivity contribution in [1.29, 1.82) is 0 Å². The third-order valence-corrected chi connectivity index (χ3v) is 3.19. The minimum Gasteiger partial charge on any atom is -0.317 e. The Morgan fingerprint density at radius 1 is 1.10 bits per heavy atom. The lowest BCUT2D eigenvalue weighted by Crippen LogP contribution is -2.15. The second kappa shape index (κ2) is 5.85. The molecule has 0 atom stereocenters. The van der Waals surface area contributed by atoms with Crippen molar-refractivity contribution in [3.05, 3.63) is 62.8 Å². The molecule has 104 valence electrons. The highest BCUT2D eigenvalue weighted by Gasteiger charge is 2.17. The van der Waals surface area contributed by atoms with Gasteiger partial charge >= 0.3 is 0 Å². The standard InChI is InChI=1S/C13H6BrClF3NO/c14-6-3-10(17)12(11(18)4-6)19-13(20)8-2-1-7(16)5-9(8)15/h1-5H,(H,19,20). The topological polar surface area (TPSA) is 29.1 Å². The number of nitrogens with one attached hydrogen (secondary N) is 1. The number of benzene rings is 2. The van der Waals surface area contributed by atoms with E-state index in [0.717, 1.165) is 30.3 Å². The van der Waals surface area contributed by atoms with Crippen LogP contribution in [0.2, 0.25) is 5.02 Å². The highest BCUT2D eigenvalue weighted by Crippen LogP contribution is 2.25. The molecule has 0 saturated heterocycles. The van der Waals surface area contributed by atoms with Crippen LogP contribution in [0, 0.1) is 17.5 Å². The van der Waals surface area contributed by atoms with E-state index >= 15 is 0 Å². The summed E-state index contributed by atoms with van der Waals surface area (Å²) in [7, 11) is 0. The van der Waals surface area contributed by atoms with Crippen LogP contribution in [0.25, 0.3) is 0 Å². The van der Waals surface area contributed by atoms with Crippen LogP contribution in [0.3, 0.4) is 0 Å². The van der Waals surface area contributed by atoms with E-state index in [2.05, 4.69) is 21.2 Å². The fraction of sp³-hybridized carbons (Fsp3) is 0. The number of rotatable bonds is 2. The summed E-state index contributed by atoms with van der Waals surface area (Å²) in [5.74, 6) is -3.34. The molecule has 0 spiro atoms. The molecule has 0 aliphatic heterocycles. The molecule has 0 aliphatic carbocycles. The minimum atomic E-state index is -0.941. The van der Waals surface area contributed by atoms with Gasteiger partial charge in [-0.15, -0.1) is 0 Å². The van der Waals surface area contributed by atoms with Crippen LogP contribution in [-0.4, -0.2) is 5.91 Å². The molecular formula is C13H6BrClF3NO. The Morgan fingerprint density at radius 3 is 2.25 bits per heavy atom. The zero-order valence-corrected chi connectivity index (χ0v) is 12.0. The molecule has 0 aliphatic rings. The van der Waals surface area contributed by atoms with Gasteiger partial charge in [0.05, 0.1) is 10.6 Å². The monoisotopic (exact) mass is 363 g/mol. The van der Waals surface area contributed by atoms with Crippen LogP contribution in [0.15, 0.2) is 34.8 Å². The van der Waals surface area contributed by atoms with Gasteiger partial charge in [0.25, 0.3) is 5.91 Å². The van der Waals surface area contributed by atoms with Gasteiger partial charge < -0.3 is 5.32 Å². The summed E-state index contributed by atoms with van der Waals surface area (Å²) in [6.45, 7) is 0. The van der Waals surface area contributed by atoms with E-state index in [1.807, 2.05) is 0 Å². The normalized spacial score (nSPS) is 10.4. The zero-order chi connectivity index (χ0) is 14.9. The van der Waals surface area contributed by atoms with Gasteiger partial charge in [0, 0.05) is 4.47 Å². The van der Waals surface area contributed by atoms with E-state index in [-0.39, 0.29) is 15.1 Å². The van der Waals surface area contributed by atoms with Crippen LogP contribution in [0.4, 0.5) is 18.9 Å². The van der Waals surface area contributed by atoms with Crippen molar-refractivity contribution in [3.63, 3.8) is 0 Å². The maximum Gasteiger partial charge on any atom is 0.257 e. The average Bonchev–Trinajstić information content (AvgIpc) is 2.33. The molecule has 0 heterocycles. The fourth-order valence-electron chi connectivity index (χ4n) is 1.52. The number of hydrogen-bond acceptors (Lipinski definition) is 1.